The minimum atomic E-state index is -0.974. The number of furan rings is 1. The van der Waals surface area contributed by atoms with Gasteiger partial charge in [0.25, 0.3) is 5.56 Å². The topological polar surface area (TPSA) is 103 Å². The molecule has 6 rings (SSSR count). The van der Waals surface area contributed by atoms with E-state index in [0.29, 0.717) is 28.1 Å². The van der Waals surface area contributed by atoms with E-state index in [1.807, 2.05) is 54.8 Å². The molecule has 0 aliphatic carbocycles. The second kappa shape index (κ2) is 9.52. The largest absolute Gasteiger partial charge is 0.478 e. The van der Waals surface area contributed by atoms with Gasteiger partial charge in [-0.05, 0) is 80.6 Å². The van der Waals surface area contributed by atoms with E-state index in [2.05, 4.69) is 21.0 Å². The maximum absolute atomic E-state index is 13.6. The third kappa shape index (κ3) is 4.36. The maximum atomic E-state index is 13.6. The van der Waals surface area contributed by atoms with Crippen LogP contribution in [0, 0.1) is 13.8 Å². The van der Waals surface area contributed by atoms with Crippen molar-refractivity contribution < 1.29 is 14.3 Å². The minimum absolute atomic E-state index is 0.219. The van der Waals surface area contributed by atoms with Crippen molar-refractivity contribution in [2.75, 3.05) is 0 Å². The zero-order valence-corrected chi connectivity index (χ0v) is 22.5. The number of para-hydroxylation sites is 1. The second-order valence-electron chi connectivity index (χ2n) is 9.12. The Bertz CT molecular complexity index is 2000. The fourth-order valence-electron chi connectivity index (χ4n) is 4.70. The SMILES string of the molecule is Cc1cc(C=Nn2c(-c3cc4cc(Br)ccc4o3)nc3ccccc3c2=O)c(C)n1-c1ccc(C(=O)O)cc1. The average Bonchev–Trinajstić information content (AvgIpc) is 3.47. The lowest BCUT2D eigenvalue weighted by molar-refractivity contribution is 0.0697. The zero-order chi connectivity index (χ0) is 27.3. The number of carbonyl (C=O) groups is 1. The molecule has 0 atom stereocenters. The molecule has 0 aliphatic heterocycles. The lowest BCUT2D eigenvalue weighted by Gasteiger charge is -2.10. The predicted octanol–water partition coefficient (Wildman–Crippen LogP) is 6.56. The minimum Gasteiger partial charge on any atom is -0.478 e. The Hall–Kier alpha value is -4.76. The molecule has 0 bridgehead atoms. The molecule has 0 saturated heterocycles. The lowest BCUT2D eigenvalue weighted by Crippen LogP contribution is -2.20. The van der Waals surface area contributed by atoms with Crippen molar-refractivity contribution in [1.29, 1.82) is 0 Å². The lowest BCUT2D eigenvalue weighted by atomic mass is 10.2. The van der Waals surface area contributed by atoms with Crippen molar-refractivity contribution in [3.05, 3.63) is 116 Å². The Balaban J connectivity index is 1.48. The summed E-state index contributed by atoms with van der Waals surface area (Å²) in [6.07, 6.45) is 1.63. The molecular weight excluding hydrogens is 560 g/mol. The van der Waals surface area contributed by atoms with Gasteiger partial charge >= 0.3 is 5.97 Å². The molecule has 3 heterocycles. The molecule has 3 aromatic heterocycles. The molecule has 3 aromatic carbocycles. The molecule has 0 spiro atoms. The van der Waals surface area contributed by atoms with Crippen LogP contribution >= 0.6 is 15.9 Å². The van der Waals surface area contributed by atoms with E-state index in [0.717, 1.165) is 32.5 Å². The first-order chi connectivity index (χ1) is 18.8. The molecule has 9 heteroatoms. The van der Waals surface area contributed by atoms with E-state index in [4.69, 9.17) is 9.40 Å². The van der Waals surface area contributed by atoms with Gasteiger partial charge in [-0.1, -0.05) is 28.1 Å². The number of halogens is 1. The van der Waals surface area contributed by atoms with Crippen molar-refractivity contribution in [3.63, 3.8) is 0 Å². The van der Waals surface area contributed by atoms with E-state index in [9.17, 15) is 14.7 Å². The number of carboxylic acids is 1. The highest BCUT2D eigenvalue weighted by Gasteiger charge is 2.17. The molecule has 192 valence electrons. The van der Waals surface area contributed by atoms with Crippen molar-refractivity contribution in [1.82, 2.24) is 14.2 Å². The van der Waals surface area contributed by atoms with Gasteiger partial charge < -0.3 is 14.1 Å². The molecule has 0 amide bonds. The van der Waals surface area contributed by atoms with E-state index in [1.54, 1.807) is 48.7 Å². The fourth-order valence-corrected chi connectivity index (χ4v) is 5.08. The Labute approximate surface area is 230 Å². The van der Waals surface area contributed by atoms with Gasteiger partial charge in [-0.25, -0.2) is 9.78 Å². The Morgan fingerprint density at radius 1 is 1.03 bits per heavy atom. The number of aryl methyl sites for hydroxylation is 1. The van der Waals surface area contributed by atoms with E-state index >= 15 is 0 Å². The standard InChI is InChI=1S/C30H21BrN4O4/c1-17-13-21(18(2)34(17)23-10-7-19(8-11-23)30(37)38)16-32-35-28(33-25-6-4-3-5-24(25)29(35)36)27-15-20-14-22(31)9-12-26(20)39-27/h3-16H,1-2H3,(H,37,38). The number of carboxylic acid groups (broad SMARTS) is 1. The molecule has 0 aliphatic rings. The van der Waals surface area contributed by atoms with Gasteiger partial charge in [0.15, 0.2) is 5.76 Å². The number of nitrogens with zero attached hydrogens (tertiary/aromatic N) is 4. The van der Waals surface area contributed by atoms with Crippen LogP contribution in [0.5, 0.6) is 0 Å². The predicted molar refractivity (Wildman–Crippen MR) is 154 cm³/mol. The number of aromatic carboxylic acids is 1. The van der Waals surface area contributed by atoms with Crippen LogP contribution in [0.15, 0.2) is 97.6 Å². The van der Waals surface area contributed by atoms with Crippen molar-refractivity contribution >= 4 is 50.0 Å². The Morgan fingerprint density at radius 2 is 1.79 bits per heavy atom. The monoisotopic (exact) mass is 580 g/mol. The first kappa shape index (κ1) is 24.6. The van der Waals surface area contributed by atoms with Gasteiger partial charge in [0.1, 0.15) is 5.58 Å². The summed E-state index contributed by atoms with van der Waals surface area (Å²) in [6, 6.07) is 23.3. The summed E-state index contributed by atoms with van der Waals surface area (Å²) >= 11 is 3.48. The van der Waals surface area contributed by atoms with Gasteiger partial charge in [0.2, 0.25) is 5.82 Å². The summed E-state index contributed by atoms with van der Waals surface area (Å²) in [6.45, 7) is 3.90. The third-order valence-electron chi connectivity index (χ3n) is 6.61. The fraction of sp³-hybridized carbons (Fsp3) is 0.0667. The Kier molecular flexibility index (Phi) is 6.00. The van der Waals surface area contributed by atoms with Crippen LogP contribution in [0.4, 0.5) is 0 Å². The zero-order valence-electron chi connectivity index (χ0n) is 20.9. The smallest absolute Gasteiger partial charge is 0.335 e. The number of hydrogen-bond donors (Lipinski definition) is 1. The molecule has 39 heavy (non-hydrogen) atoms. The summed E-state index contributed by atoms with van der Waals surface area (Å²) < 4.78 is 10.3. The van der Waals surface area contributed by atoms with Crippen molar-refractivity contribution in [2.24, 2.45) is 5.10 Å². The maximum Gasteiger partial charge on any atom is 0.335 e. The van der Waals surface area contributed by atoms with Gasteiger partial charge in [-0.15, -0.1) is 0 Å². The average molecular weight is 581 g/mol. The summed E-state index contributed by atoms with van der Waals surface area (Å²) in [4.78, 5) is 29.6. The van der Waals surface area contributed by atoms with Gasteiger partial charge in [-0.2, -0.15) is 9.78 Å². The number of aromatic nitrogens is 3. The number of benzene rings is 3. The van der Waals surface area contributed by atoms with Gasteiger partial charge in [-0.3, -0.25) is 4.79 Å². The summed E-state index contributed by atoms with van der Waals surface area (Å²) in [5.74, 6) is -0.259. The molecule has 6 aromatic rings. The highest BCUT2D eigenvalue weighted by atomic mass is 79.9. The third-order valence-corrected chi connectivity index (χ3v) is 7.10. The van der Waals surface area contributed by atoms with E-state index in [1.165, 1.54) is 4.68 Å². The van der Waals surface area contributed by atoms with Gasteiger partial charge in [0.05, 0.1) is 22.7 Å². The molecule has 1 N–H and O–H groups in total. The number of hydrogen-bond acceptors (Lipinski definition) is 5. The quantitative estimate of drug-likeness (QED) is 0.232. The molecule has 8 nitrogen and oxygen atoms in total. The molecule has 0 saturated carbocycles. The number of rotatable bonds is 5. The number of fused-ring (bicyclic) bond motifs is 2. The normalized spacial score (nSPS) is 11.7. The van der Waals surface area contributed by atoms with E-state index < -0.39 is 5.97 Å². The van der Waals surface area contributed by atoms with Crippen LogP contribution in [-0.2, 0) is 0 Å². The van der Waals surface area contributed by atoms with Crippen molar-refractivity contribution in [2.45, 2.75) is 13.8 Å². The molecule has 0 unspecified atom stereocenters. The summed E-state index contributed by atoms with van der Waals surface area (Å²) in [5, 5.41) is 15.1. The van der Waals surface area contributed by atoms with Crippen molar-refractivity contribution in [3.8, 4) is 17.3 Å². The van der Waals surface area contributed by atoms with Crippen LogP contribution in [0.25, 0.3) is 39.1 Å². The van der Waals surface area contributed by atoms with Crippen LogP contribution < -0.4 is 5.56 Å². The highest BCUT2D eigenvalue weighted by Crippen LogP contribution is 2.29. The van der Waals surface area contributed by atoms with E-state index in [-0.39, 0.29) is 11.1 Å². The van der Waals surface area contributed by atoms with Crippen LogP contribution in [0.2, 0.25) is 0 Å². The Morgan fingerprint density at radius 3 is 2.56 bits per heavy atom. The highest BCUT2D eigenvalue weighted by molar-refractivity contribution is 9.10. The van der Waals surface area contributed by atoms with Gasteiger partial charge in [0, 0.05) is 32.5 Å². The van der Waals surface area contributed by atoms with Crippen LogP contribution in [0.3, 0.4) is 0 Å². The van der Waals surface area contributed by atoms with Crippen LogP contribution in [0.1, 0.15) is 27.3 Å². The molecule has 0 radical (unpaired) electrons. The first-order valence-electron chi connectivity index (χ1n) is 12.1. The van der Waals surface area contributed by atoms with Crippen LogP contribution in [-0.4, -0.2) is 31.5 Å². The first-order valence-corrected chi connectivity index (χ1v) is 12.9. The second-order valence-corrected chi connectivity index (χ2v) is 10.0. The summed E-state index contributed by atoms with van der Waals surface area (Å²) in [7, 11) is 0. The molecule has 0 fully saturated rings. The molecular formula is C30H21BrN4O4. The summed E-state index contributed by atoms with van der Waals surface area (Å²) in [5.41, 5.74) is 4.57.